The number of piperidine rings is 1. The maximum absolute atomic E-state index is 13.7. The van der Waals surface area contributed by atoms with E-state index in [1.54, 1.807) is 19.2 Å². The first-order chi connectivity index (χ1) is 16.2. The van der Waals surface area contributed by atoms with Crippen molar-refractivity contribution in [3.8, 4) is 11.5 Å². The third-order valence-electron chi connectivity index (χ3n) is 6.81. The smallest absolute Gasteiger partial charge is 0.193 e. The predicted octanol–water partition coefficient (Wildman–Crippen LogP) is 5.70. The largest absolute Gasteiger partial charge is 0.497 e. The first kappa shape index (κ1) is 24.9. The van der Waals surface area contributed by atoms with Crippen LogP contribution in [-0.4, -0.2) is 56.9 Å². The summed E-state index contributed by atoms with van der Waals surface area (Å²) < 4.78 is 31.3. The molecule has 2 unspecified atom stereocenters. The Hall–Kier alpha value is -2.22. The summed E-state index contributed by atoms with van der Waals surface area (Å²) in [4.78, 5) is 16.3. The van der Waals surface area contributed by atoms with Gasteiger partial charge >= 0.3 is 0 Å². The zero-order valence-corrected chi connectivity index (χ0v) is 21.7. The molecule has 0 spiro atoms. The van der Waals surface area contributed by atoms with Gasteiger partial charge < -0.3 is 13.9 Å². The van der Waals surface area contributed by atoms with E-state index in [0.29, 0.717) is 37.1 Å². The van der Waals surface area contributed by atoms with Crippen LogP contribution in [0.5, 0.6) is 11.5 Å². The number of ether oxygens (including phenoxy) is 2. The van der Waals surface area contributed by atoms with Crippen LogP contribution in [0.25, 0.3) is 0 Å². The molecule has 2 aliphatic heterocycles. The van der Waals surface area contributed by atoms with Crippen LogP contribution in [0.3, 0.4) is 0 Å². The molecule has 184 valence electrons. The SMILES string of the molecule is COc1ccc(OCCCN2C3CCC2CC(O[Si](C)(C)C)(C(=O)c2ccc(F)cc2)C3)cc1. The molecule has 0 aliphatic carbocycles. The van der Waals surface area contributed by atoms with Gasteiger partial charge in [-0.25, -0.2) is 4.39 Å². The molecule has 0 amide bonds. The molecule has 0 radical (unpaired) electrons. The summed E-state index contributed by atoms with van der Waals surface area (Å²) in [5.74, 6) is 1.34. The summed E-state index contributed by atoms with van der Waals surface area (Å²) in [6.07, 6.45) is 4.48. The van der Waals surface area contributed by atoms with Crippen molar-refractivity contribution in [1.29, 1.82) is 0 Å². The van der Waals surface area contributed by atoms with Crippen LogP contribution in [0, 0.1) is 5.82 Å². The third-order valence-corrected chi connectivity index (χ3v) is 7.82. The van der Waals surface area contributed by atoms with Gasteiger partial charge in [0.05, 0.1) is 13.7 Å². The van der Waals surface area contributed by atoms with Crippen LogP contribution in [0.15, 0.2) is 48.5 Å². The monoisotopic (exact) mass is 485 g/mol. The van der Waals surface area contributed by atoms with Gasteiger partial charge in [0.1, 0.15) is 22.9 Å². The van der Waals surface area contributed by atoms with Crippen LogP contribution < -0.4 is 9.47 Å². The molecule has 2 fully saturated rings. The van der Waals surface area contributed by atoms with Crippen molar-refractivity contribution in [3.63, 3.8) is 0 Å². The second kappa shape index (κ2) is 10.2. The van der Waals surface area contributed by atoms with Crippen molar-refractivity contribution in [3.05, 3.63) is 59.9 Å². The number of fused-ring (bicyclic) bond motifs is 2. The highest BCUT2D eigenvalue weighted by molar-refractivity contribution is 6.70. The number of methoxy groups -OCH3 is 1. The van der Waals surface area contributed by atoms with Gasteiger partial charge in [-0.1, -0.05) is 0 Å². The van der Waals surface area contributed by atoms with E-state index in [9.17, 15) is 9.18 Å². The molecular formula is C27H36FNO4Si. The summed E-state index contributed by atoms with van der Waals surface area (Å²) >= 11 is 0. The van der Waals surface area contributed by atoms with Crippen LogP contribution in [0.1, 0.15) is 42.5 Å². The summed E-state index contributed by atoms with van der Waals surface area (Å²) in [6.45, 7) is 8.00. The number of carbonyl (C=O) groups is 1. The van der Waals surface area contributed by atoms with Gasteiger partial charge in [-0.05, 0) is 100 Å². The number of rotatable bonds is 10. The van der Waals surface area contributed by atoms with E-state index < -0.39 is 13.9 Å². The Labute approximate surface area is 203 Å². The van der Waals surface area contributed by atoms with Gasteiger partial charge in [-0.3, -0.25) is 9.69 Å². The van der Waals surface area contributed by atoms with Crippen molar-refractivity contribution in [2.24, 2.45) is 0 Å². The fourth-order valence-corrected chi connectivity index (χ4v) is 6.97. The lowest BCUT2D eigenvalue weighted by Gasteiger charge is -2.48. The summed E-state index contributed by atoms with van der Waals surface area (Å²) in [5, 5.41) is 0. The number of ketones is 1. The molecule has 34 heavy (non-hydrogen) atoms. The Morgan fingerprint density at radius 1 is 1.00 bits per heavy atom. The Kier molecular flexibility index (Phi) is 7.45. The summed E-state index contributed by atoms with van der Waals surface area (Å²) in [6, 6.07) is 14.2. The number of Topliss-reactive ketones (excluding diaryl/α,β-unsaturated/α-hetero) is 1. The van der Waals surface area contributed by atoms with Crippen LogP contribution >= 0.6 is 0 Å². The molecule has 5 nitrogen and oxygen atoms in total. The maximum atomic E-state index is 13.7. The first-order valence-electron chi connectivity index (χ1n) is 12.2. The van der Waals surface area contributed by atoms with E-state index in [0.717, 1.165) is 37.3 Å². The highest BCUT2D eigenvalue weighted by Gasteiger charge is 2.54. The van der Waals surface area contributed by atoms with Gasteiger partial charge in [-0.2, -0.15) is 0 Å². The van der Waals surface area contributed by atoms with Gasteiger partial charge in [0.15, 0.2) is 14.1 Å². The van der Waals surface area contributed by atoms with Gasteiger partial charge in [0, 0.05) is 24.2 Å². The Morgan fingerprint density at radius 2 is 1.59 bits per heavy atom. The van der Waals surface area contributed by atoms with E-state index in [-0.39, 0.29) is 11.6 Å². The highest BCUT2D eigenvalue weighted by atomic mass is 28.4. The minimum absolute atomic E-state index is 0.00862. The summed E-state index contributed by atoms with van der Waals surface area (Å²) in [7, 11) is -0.343. The molecule has 0 N–H and O–H groups in total. The normalized spacial score (nSPS) is 24.7. The number of carbonyl (C=O) groups excluding carboxylic acids is 1. The zero-order chi connectivity index (χ0) is 24.3. The van der Waals surface area contributed by atoms with Gasteiger partial charge in [-0.15, -0.1) is 0 Å². The van der Waals surface area contributed by atoms with Crippen LogP contribution in [0.2, 0.25) is 19.6 Å². The Balaban J connectivity index is 1.40. The zero-order valence-electron chi connectivity index (χ0n) is 20.7. The van der Waals surface area contributed by atoms with Gasteiger partial charge in [0.2, 0.25) is 0 Å². The van der Waals surface area contributed by atoms with Crippen molar-refractivity contribution in [1.82, 2.24) is 4.90 Å². The fraction of sp³-hybridized carbons (Fsp3) is 0.519. The van der Waals surface area contributed by atoms with E-state index in [1.807, 2.05) is 24.3 Å². The molecule has 7 heteroatoms. The number of hydrogen-bond acceptors (Lipinski definition) is 5. The predicted molar refractivity (Wildman–Crippen MR) is 134 cm³/mol. The van der Waals surface area contributed by atoms with Crippen molar-refractivity contribution in [2.75, 3.05) is 20.3 Å². The van der Waals surface area contributed by atoms with Crippen molar-refractivity contribution >= 4 is 14.1 Å². The average Bonchev–Trinajstić information content (AvgIpc) is 3.05. The van der Waals surface area contributed by atoms with E-state index in [4.69, 9.17) is 13.9 Å². The van der Waals surface area contributed by atoms with E-state index >= 15 is 0 Å². The molecule has 2 bridgehead atoms. The molecular weight excluding hydrogens is 449 g/mol. The van der Waals surface area contributed by atoms with E-state index in [2.05, 4.69) is 24.5 Å². The van der Waals surface area contributed by atoms with Gasteiger partial charge in [0.25, 0.3) is 0 Å². The number of nitrogens with zero attached hydrogens (tertiary/aromatic N) is 1. The Morgan fingerprint density at radius 3 is 2.15 bits per heavy atom. The minimum Gasteiger partial charge on any atom is -0.497 e. The molecule has 2 saturated heterocycles. The topological polar surface area (TPSA) is 48.0 Å². The molecule has 2 aromatic carbocycles. The molecule has 4 rings (SSSR count). The summed E-state index contributed by atoms with van der Waals surface area (Å²) in [5.41, 5.74) is -0.273. The van der Waals surface area contributed by atoms with Crippen molar-refractivity contribution in [2.45, 2.75) is 69.4 Å². The highest BCUT2D eigenvalue weighted by Crippen LogP contribution is 2.45. The molecule has 0 saturated carbocycles. The minimum atomic E-state index is -1.99. The molecule has 0 aromatic heterocycles. The quantitative estimate of drug-likeness (QED) is 0.245. The Bertz CT molecular complexity index is 960. The number of hydrogen-bond donors (Lipinski definition) is 0. The lowest BCUT2D eigenvalue weighted by molar-refractivity contribution is -0.0225. The lowest BCUT2D eigenvalue weighted by Crippen LogP contribution is -2.59. The van der Waals surface area contributed by atoms with E-state index in [1.165, 1.54) is 12.1 Å². The number of benzene rings is 2. The molecule has 2 aromatic rings. The standard InChI is InChI=1S/C27H36FNO4Si/c1-31-24-12-14-25(15-13-24)32-17-5-16-29-22-10-11-23(29)19-27(18-22,33-34(2,3)4)26(30)20-6-8-21(28)9-7-20/h6-9,12-15,22-23H,5,10-11,16-19H2,1-4H3. The average molecular weight is 486 g/mol. The van der Waals surface area contributed by atoms with Crippen molar-refractivity contribution < 1.29 is 23.1 Å². The van der Waals surface area contributed by atoms with Crippen LogP contribution in [0.4, 0.5) is 4.39 Å². The molecule has 2 atom stereocenters. The second-order valence-electron chi connectivity index (χ2n) is 10.5. The maximum Gasteiger partial charge on any atom is 0.193 e. The second-order valence-corrected chi connectivity index (χ2v) is 14.9. The molecule has 2 aliphatic rings. The first-order valence-corrected chi connectivity index (χ1v) is 15.6. The van der Waals surface area contributed by atoms with Crippen LogP contribution in [-0.2, 0) is 4.43 Å². The number of halogens is 1. The fourth-order valence-electron chi connectivity index (χ4n) is 5.54. The molecule has 2 heterocycles. The third kappa shape index (κ3) is 5.70. The lowest BCUT2D eigenvalue weighted by atomic mass is 9.80.